The number of para-hydroxylation sites is 2. The number of benzene rings is 2. The Hall–Kier alpha value is -1.61. The molecule has 0 aromatic heterocycles. The number of hydrogen-bond acceptors (Lipinski definition) is 3. The summed E-state index contributed by atoms with van der Waals surface area (Å²) < 4.78 is 0. The zero-order chi connectivity index (χ0) is 14.9. The van der Waals surface area contributed by atoms with E-state index in [2.05, 4.69) is 83.8 Å². The van der Waals surface area contributed by atoms with Gasteiger partial charge < -0.3 is 9.80 Å². The number of nitrogens with zero attached hydrogens (tertiary/aromatic N) is 2. The highest BCUT2D eigenvalue weighted by Crippen LogP contribution is 2.15. The maximum absolute atomic E-state index is 2.47. The van der Waals surface area contributed by atoms with Crippen LogP contribution >= 0.6 is 11.8 Å². The van der Waals surface area contributed by atoms with Crippen molar-refractivity contribution in [3.05, 3.63) is 60.7 Å². The molecule has 0 aliphatic carbocycles. The first-order valence-corrected chi connectivity index (χ1v) is 8.76. The fraction of sp³-hybridized carbons (Fsp3) is 0.333. The maximum Gasteiger partial charge on any atom is 0.0367 e. The average molecular weight is 300 g/mol. The smallest absolute Gasteiger partial charge is 0.0367 e. The monoisotopic (exact) mass is 300 g/mol. The molecule has 0 unspecified atom stereocenters. The van der Waals surface area contributed by atoms with E-state index in [0.717, 1.165) is 25.4 Å². The van der Waals surface area contributed by atoms with Crippen LogP contribution in [-0.2, 0) is 0 Å². The molecule has 0 atom stereocenters. The topological polar surface area (TPSA) is 6.48 Å². The summed E-state index contributed by atoms with van der Waals surface area (Å²) in [7, 11) is 2.16. The molecule has 2 rings (SSSR count). The highest BCUT2D eigenvalue weighted by Gasteiger charge is 2.07. The molecule has 0 saturated heterocycles. The number of hydrogen-bond donors (Lipinski definition) is 0. The van der Waals surface area contributed by atoms with E-state index >= 15 is 0 Å². The van der Waals surface area contributed by atoms with E-state index in [1.807, 2.05) is 11.8 Å². The van der Waals surface area contributed by atoms with Gasteiger partial charge in [-0.25, -0.2) is 0 Å². The van der Waals surface area contributed by atoms with Gasteiger partial charge in [-0.2, -0.15) is 11.8 Å². The van der Waals surface area contributed by atoms with Gasteiger partial charge in [0.1, 0.15) is 0 Å². The molecule has 0 radical (unpaired) electrons. The molecule has 0 saturated carbocycles. The molecule has 2 aromatic carbocycles. The summed E-state index contributed by atoms with van der Waals surface area (Å²) in [6, 6.07) is 21.3. The molecule has 0 fully saturated rings. The largest absolute Gasteiger partial charge is 0.373 e. The SMILES string of the molecule is CSCCN(CCN(C)c1ccccc1)c1ccccc1. The van der Waals surface area contributed by atoms with Crippen molar-refractivity contribution in [1.82, 2.24) is 0 Å². The van der Waals surface area contributed by atoms with E-state index in [-0.39, 0.29) is 0 Å². The van der Waals surface area contributed by atoms with Crippen molar-refractivity contribution >= 4 is 23.1 Å². The third-order valence-corrected chi connectivity index (χ3v) is 4.18. The first-order valence-electron chi connectivity index (χ1n) is 7.36. The zero-order valence-corrected chi connectivity index (χ0v) is 13.7. The number of thioether (sulfide) groups is 1. The summed E-state index contributed by atoms with van der Waals surface area (Å²) >= 11 is 1.90. The van der Waals surface area contributed by atoms with Gasteiger partial charge in [-0.05, 0) is 30.5 Å². The molecule has 2 nitrogen and oxygen atoms in total. The van der Waals surface area contributed by atoms with Gasteiger partial charge in [-0.1, -0.05) is 36.4 Å². The summed E-state index contributed by atoms with van der Waals surface area (Å²) in [6.45, 7) is 3.15. The van der Waals surface area contributed by atoms with Crippen LogP contribution in [0.4, 0.5) is 11.4 Å². The van der Waals surface area contributed by atoms with Crippen LogP contribution in [0, 0.1) is 0 Å². The van der Waals surface area contributed by atoms with Crippen LogP contribution in [0.3, 0.4) is 0 Å². The number of likely N-dealkylation sites (N-methyl/N-ethyl adjacent to an activating group) is 1. The average Bonchev–Trinajstić information content (AvgIpc) is 2.56. The van der Waals surface area contributed by atoms with Gasteiger partial charge in [0.15, 0.2) is 0 Å². The minimum Gasteiger partial charge on any atom is -0.373 e. The maximum atomic E-state index is 2.47. The first kappa shape index (κ1) is 15.8. The van der Waals surface area contributed by atoms with Gasteiger partial charge in [0.2, 0.25) is 0 Å². The number of rotatable bonds is 8. The zero-order valence-electron chi connectivity index (χ0n) is 12.9. The Morgan fingerprint density at radius 1 is 0.762 bits per heavy atom. The lowest BCUT2D eigenvalue weighted by molar-refractivity contribution is 0.789. The van der Waals surface area contributed by atoms with Crippen LogP contribution in [0.5, 0.6) is 0 Å². The van der Waals surface area contributed by atoms with E-state index in [4.69, 9.17) is 0 Å². The van der Waals surface area contributed by atoms with Gasteiger partial charge in [-0.15, -0.1) is 0 Å². The molecule has 0 spiro atoms. The van der Waals surface area contributed by atoms with Gasteiger partial charge in [0, 0.05) is 43.8 Å². The predicted octanol–water partition coefficient (Wildman–Crippen LogP) is 3.99. The van der Waals surface area contributed by atoms with Crippen LogP contribution < -0.4 is 9.80 Å². The van der Waals surface area contributed by atoms with E-state index in [1.54, 1.807) is 0 Å². The Bertz CT molecular complexity index is 501. The predicted molar refractivity (Wildman–Crippen MR) is 96.7 cm³/mol. The van der Waals surface area contributed by atoms with Crippen molar-refractivity contribution in [2.45, 2.75) is 0 Å². The molecule has 3 heteroatoms. The van der Waals surface area contributed by atoms with Gasteiger partial charge >= 0.3 is 0 Å². The van der Waals surface area contributed by atoms with Gasteiger partial charge in [0.05, 0.1) is 0 Å². The van der Waals surface area contributed by atoms with E-state index in [1.165, 1.54) is 11.4 Å². The van der Waals surface area contributed by atoms with Crippen molar-refractivity contribution in [2.24, 2.45) is 0 Å². The minimum atomic E-state index is 1.02. The third-order valence-electron chi connectivity index (χ3n) is 3.59. The molecule has 0 N–H and O–H groups in total. The highest BCUT2D eigenvalue weighted by molar-refractivity contribution is 7.98. The van der Waals surface area contributed by atoms with Crippen LogP contribution in [-0.4, -0.2) is 38.7 Å². The summed E-state index contributed by atoms with van der Waals surface area (Å²) in [6.07, 6.45) is 2.17. The standard InChI is InChI=1S/C18H24N2S/c1-19(17-9-5-3-6-10-17)13-14-20(15-16-21-2)18-11-7-4-8-12-18/h3-12H,13-16H2,1-2H3. The Morgan fingerprint density at radius 3 is 1.90 bits per heavy atom. The summed E-state index contributed by atoms with van der Waals surface area (Å²) in [5.41, 5.74) is 2.59. The van der Waals surface area contributed by atoms with Crippen LogP contribution in [0.15, 0.2) is 60.7 Å². The first-order chi connectivity index (χ1) is 10.3. The molecule has 21 heavy (non-hydrogen) atoms. The second kappa shape index (κ2) is 8.63. The molecule has 0 bridgehead atoms. The summed E-state index contributed by atoms with van der Waals surface area (Å²) in [4.78, 5) is 4.78. The molecule has 0 aliphatic heterocycles. The van der Waals surface area contributed by atoms with E-state index < -0.39 is 0 Å². The second-order valence-corrected chi connectivity index (χ2v) is 6.06. The van der Waals surface area contributed by atoms with Gasteiger partial charge in [-0.3, -0.25) is 0 Å². The van der Waals surface area contributed by atoms with E-state index in [0.29, 0.717) is 0 Å². The lowest BCUT2D eigenvalue weighted by atomic mass is 10.2. The lowest BCUT2D eigenvalue weighted by Crippen LogP contribution is -2.34. The second-order valence-electron chi connectivity index (χ2n) is 5.07. The lowest BCUT2D eigenvalue weighted by Gasteiger charge is -2.28. The summed E-state index contributed by atoms with van der Waals surface area (Å²) in [5.74, 6) is 1.16. The number of anilines is 2. The summed E-state index contributed by atoms with van der Waals surface area (Å²) in [5, 5.41) is 0. The highest BCUT2D eigenvalue weighted by atomic mass is 32.2. The van der Waals surface area contributed by atoms with Crippen molar-refractivity contribution in [3.8, 4) is 0 Å². The Balaban J connectivity index is 1.96. The Morgan fingerprint density at radius 2 is 1.33 bits per heavy atom. The minimum absolute atomic E-state index is 1.02. The van der Waals surface area contributed by atoms with Crippen LogP contribution in [0.2, 0.25) is 0 Å². The molecule has 0 amide bonds. The van der Waals surface area contributed by atoms with Gasteiger partial charge in [0.25, 0.3) is 0 Å². The molecule has 112 valence electrons. The molecular weight excluding hydrogens is 276 g/mol. The van der Waals surface area contributed by atoms with Crippen molar-refractivity contribution in [3.63, 3.8) is 0 Å². The van der Waals surface area contributed by atoms with Crippen LogP contribution in [0.25, 0.3) is 0 Å². The quantitative estimate of drug-likeness (QED) is 0.728. The van der Waals surface area contributed by atoms with Crippen LogP contribution in [0.1, 0.15) is 0 Å². The molecule has 0 heterocycles. The van der Waals surface area contributed by atoms with E-state index in [9.17, 15) is 0 Å². The van der Waals surface area contributed by atoms with Crippen molar-refractivity contribution in [2.75, 3.05) is 48.5 Å². The molecular formula is C18H24N2S. The third kappa shape index (κ3) is 5.01. The fourth-order valence-electron chi connectivity index (χ4n) is 2.29. The fourth-order valence-corrected chi connectivity index (χ4v) is 2.70. The molecule has 2 aromatic rings. The van der Waals surface area contributed by atoms with Crippen molar-refractivity contribution in [1.29, 1.82) is 0 Å². The molecule has 0 aliphatic rings. The Labute approximate surface area is 132 Å². The Kier molecular flexibility index (Phi) is 6.48. The van der Waals surface area contributed by atoms with Crippen molar-refractivity contribution < 1.29 is 0 Å². The normalized spacial score (nSPS) is 10.4.